The molecule has 0 aliphatic carbocycles. The van der Waals surface area contributed by atoms with Gasteiger partial charge in [-0.15, -0.1) is 0 Å². The van der Waals surface area contributed by atoms with E-state index in [2.05, 4.69) is 15.6 Å². The van der Waals surface area contributed by atoms with Crippen molar-refractivity contribution in [1.82, 2.24) is 10.3 Å². The number of aromatic nitrogens is 1. The molecule has 4 rings (SSSR count). The van der Waals surface area contributed by atoms with Crippen LogP contribution in [0.3, 0.4) is 0 Å². The molecule has 6 nitrogen and oxygen atoms in total. The lowest BCUT2D eigenvalue weighted by molar-refractivity contribution is 0.0949. The minimum Gasteiger partial charge on any atom is -0.467 e. The Morgan fingerprint density at radius 2 is 1.68 bits per heavy atom. The molecule has 2 aromatic carbocycles. The quantitative estimate of drug-likeness (QED) is 0.555. The van der Waals surface area contributed by atoms with Gasteiger partial charge in [0.15, 0.2) is 0 Å². The molecule has 2 N–H and O–H groups in total. The van der Waals surface area contributed by atoms with Crippen LogP contribution < -0.4 is 10.6 Å². The first-order chi connectivity index (χ1) is 13.7. The minimum atomic E-state index is -0.301. The molecular formula is C22H17N3O3. The third-order valence-electron chi connectivity index (χ3n) is 4.32. The van der Waals surface area contributed by atoms with Gasteiger partial charge in [0.25, 0.3) is 11.8 Å². The molecule has 0 unspecified atom stereocenters. The van der Waals surface area contributed by atoms with E-state index in [9.17, 15) is 9.59 Å². The number of para-hydroxylation sites is 2. The van der Waals surface area contributed by atoms with Crippen molar-refractivity contribution in [2.75, 3.05) is 5.32 Å². The molecule has 2 heterocycles. The summed E-state index contributed by atoms with van der Waals surface area (Å²) in [4.78, 5) is 29.7. The maximum absolute atomic E-state index is 12.9. The average molecular weight is 371 g/mol. The number of anilines is 1. The van der Waals surface area contributed by atoms with Crippen molar-refractivity contribution in [1.29, 1.82) is 0 Å². The highest BCUT2D eigenvalue weighted by atomic mass is 16.3. The number of furan rings is 1. The summed E-state index contributed by atoms with van der Waals surface area (Å²) in [7, 11) is 0. The topological polar surface area (TPSA) is 84.2 Å². The fourth-order valence-corrected chi connectivity index (χ4v) is 2.95. The number of hydrogen-bond donors (Lipinski definition) is 2. The standard InChI is InChI=1S/C22H17N3O3/c26-21(24-14-15-6-5-13-28-15)18-8-2-4-10-20(18)25-22(27)17-11-12-23-19-9-3-1-7-16(17)19/h1-13H,14H2,(H,24,26)(H,25,27). The van der Waals surface area contributed by atoms with Crippen molar-refractivity contribution >= 4 is 28.4 Å². The van der Waals surface area contributed by atoms with Gasteiger partial charge in [0, 0.05) is 11.6 Å². The van der Waals surface area contributed by atoms with Crippen LogP contribution in [0, 0.1) is 0 Å². The number of pyridine rings is 1. The lowest BCUT2D eigenvalue weighted by Gasteiger charge is -2.12. The molecule has 6 heteroatoms. The SMILES string of the molecule is O=C(NCc1ccco1)c1ccccc1NC(=O)c1ccnc2ccccc12. The molecule has 0 bridgehead atoms. The first-order valence-corrected chi connectivity index (χ1v) is 8.77. The molecule has 0 saturated carbocycles. The van der Waals surface area contributed by atoms with Crippen LogP contribution in [0.2, 0.25) is 0 Å². The maximum atomic E-state index is 12.9. The Bertz CT molecular complexity index is 1130. The number of fused-ring (bicyclic) bond motifs is 1. The fraction of sp³-hybridized carbons (Fsp3) is 0.0455. The minimum absolute atomic E-state index is 0.267. The van der Waals surface area contributed by atoms with Gasteiger partial charge in [-0.25, -0.2) is 0 Å². The molecule has 2 aromatic heterocycles. The van der Waals surface area contributed by atoms with Crippen LogP contribution in [0.4, 0.5) is 5.69 Å². The van der Waals surface area contributed by atoms with Crippen LogP contribution in [0.25, 0.3) is 10.9 Å². The highest BCUT2D eigenvalue weighted by Gasteiger charge is 2.16. The lowest BCUT2D eigenvalue weighted by atomic mass is 10.1. The zero-order chi connectivity index (χ0) is 19.3. The van der Waals surface area contributed by atoms with E-state index < -0.39 is 0 Å². The van der Waals surface area contributed by atoms with Crippen molar-refractivity contribution in [2.24, 2.45) is 0 Å². The highest BCUT2D eigenvalue weighted by molar-refractivity contribution is 6.14. The largest absolute Gasteiger partial charge is 0.467 e. The molecule has 0 aliphatic heterocycles. The zero-order valence-electron chi connectivity index (χ0n) is 14.9. The van der Waals surface area contributed by atoms with Gasteiger partial charge in [-0.05, 0) is 36.4 Å². The number of benzene rings is 2. The second-order valence-electron chi connectivity index (χ2n) is 6.14. The van der Waals surface area contributed by atoms with E-state index in [4.69, 9.17) is 4.42 Å². The average Bonchev–Trinajstić information content (AvgIpc) is 3.25. The van der Waals surface area contributed by atoms with Gasteiger partial charge in [0.2, 0.25) is 0 Å². The summed E-state index contributed by atoms with van der Waals surface area (Å²) in [6.45, 7) is 0.267. The maximum Gasteiger partial charge on any atom is 0.256 e. The van der Waals surface area contributed by atoms with Gasteiger partial charge in [-0.1, -0.05) is 30.3 Å². The number of carbonyl (C=O) groups is 2. The summed E-state index contributed by atoms with van der Waals surface area (Å²) in [5.41, 5.74) is 2.04. The first-order valence-electron chi connectivity index (χ1n) is 8.77. The van der Waals surface area contributed by atoms with E-state index in [1.807, 2.05) is 24.3 Å². The van der Waals surface area contributed by atoms with Gasteiger partial charge in [-0.3, -0.25) is 14.6 Å². The molecule has 4 aromatic rings. The van der Waals surface area contributed by atoms with Gasteiger partial charge >= 0.3 is 0 Å². The first kappa shape index (κ1) is 17.5. The van der Waals surface area contributed by atoms with Gasteiger partial charge < -0.3 is 15.1 Å². The smallest absolute Gasteiger partial charge is 0.256 e. The molecule has 138 valence electrons. The predicted octanol–water partition coefficient (Wildman–Crippen LogP) is 4.01. The lowest BCUT2D eigenvalue weighted by Crippen LogP contribution is -2.24. The molecule has 28 heavy (non-hydrogen) atoms. The monoisotopic (exact) mass is 371 g/mol. The molecular weight excluding hydrogens is 354 g/mol. The molecule has 0 radical (unpaired) electrons. The van der Waals surface area contributed by atoms with Crippen molar-refractivity contribution in [2.45, 2.75) is 6.54 Å². The summed E-state index contributed by atoms with van der Waals surface area (Å²) in [6.07, 6.45) is 3.15. The number of hydrogen-bond acceptors (Lipinski definition) is 4. The normalized spacial score (nSPS) is 10.6. The van der Waals surface area contributed by atoms with E-state index >= 15 is 0 Å². The van der Waals surface area contributed by atoms with E-state index in [0.29, 0.717) is 22.6 Å². The van der Waals surface area contributed by atoms with Gasteiger partial charge in [-0.2, -0.15) is 0 Å². The van der Waals surface area contributed by atoms with Crippen LogP contribution in [0.5, 0.6) is 0 Å². The molecule has 2 amide bonds. The third kappa shape index (κ3) is 3.61. The Labute approximate surface area is 161 Å². The number of carbonyl (C=O) groups excluding carboxylic acids is 2. The summed E-state index contributed by atoms with van der Waals surface area (Å²) in [6, 6.07) is 19.5. The second kappa shape index (κ2) is 7.75. The predicted molar refractivity (Wildman–Crippen MR) is 106 cm³/mol. The summed E-state index contributed by atoms with van der Waals surface area (Å²) >= 11 is 0. The number of nitrogens with zero attached hydrogens (tertiary/aromatic N) is 1. The van der Waals surface area contributed by atoms with Crippen LogP contribution in [-0.2, 0) is 6.54 Å². The van der Waals surface area contributed by atoms with Crippen molar-refractivity contribution < 1.29 is 14.0 Å². The second-order valence-corrected chi connectivity index (χ2v) is 6.14. The van der Waals surface area contributed by atoms with E-state index in [0.717, 1.165) is 10.9 Å². The van der Waals surface area contributed by atoms with Crippen molar-refractivity contribution in [3.05, 3.63) is 96.1 Å². The van der Waals surface area contributed by atoms with Gasteiger partial charge in [0.1, 0.15) is 5.76 Å². The van der Waals surface area contributed by atoms with Crippen LogP contribution in [0.15, 0.2) is 83.6 Å². The Kier molecular flexibility index (Phi) is 4.84. The molecule has 0 aliphatic rings. The Balaban J connectivity index is 1.56. The van der Waals surface area contributed by atoms with Crippen LogP contribution in [0.1, 0.15) is 26.5 Å². The van der Waals surface area contributed by atoms with E-state index in [1.165, 1.54) is 0 Å². The Morgan fingerprint density at radius 3 is 2.54 bits per heavy atom. The molecule has 0 atom stereocenters. The molecule has 0 fully saturated rings. The van der Waals surface area contributed by atoms with Crippen molar-refractivity contribution in [3.63, 3.8) is 0 Å². The third-order valence-corrected chi connectivity index (χ3v) is 4.32. The van der Waals surface area contributed by atoms with Crippen LogP contribution in [-0.4, -0.2) is 16.8 Å². The summed E-state index contributed by atoms with van der Waals surface area (Å²) < 4.78 is 5.22. The van der Waals surface area contributed by atoms with Crippen molar-refractivity contribution in [3.8, 4) is 0 Å². The summed E-state index contributed by atoms with van der Waals surface area (Å²) in [5.74, 6) is 0.0508. The Hall–Kier alpha value is -3.93. The zero-order valence-corrected chi connectivity index (χ0v) is 14.9. The summed E-state index contributed by atoms with van der Waals surface area (Å²) in [5, 5.41) is 6.38. The van der Waals surface area contributed by atoms with Crippen LogP contribution >= 0.6 is 0 Å². The van der Waals surface area contributed by atoms with E-state index in [-0.39, 0.29) is 18.4 Å². The number of rotatable bonds is 5. The molecule has 0 spiro atoms. The van der Waals surface area contributed by atoms with Gasteiger partial charge in [0.05, 0.1) is 35.1 Å². The fourth-order valence-electron chi connectivity index (χ4n) is 2.95. The molecule has 0 saturated heterocycles. The Morgan fingerprint density at radius 1 is 0.857 bits per heavy atom. The van der Waals surface area contributed by atoms with E-state index in [1.54, 1.807) is 54.9 Å². The number of nitrogens with one attached hydrogen (secondary N) is 2. The highest BCUT2D eigenvalue weighted by Crippen LogP contribution is 2.20. The number of amides is 2.